The van der Waals surface area contributed by atoms with Gasteiger partial charge in [0.15, 0.2) is 0 Å². The zero-order chi connectivity index (χ0) is 33.1. The predicted molar refractivity (Wildman–Crippen MR) is 197 cm³/mol. The van der Waals surface area contributed by atoms with E-state index < -0.39 is 15.8 Å². The first kappa shape index (κ1) is 39.0. The average molecular weight is 688 g/mol. The molecule has 0 saturated heterocycles. The maximum atomic E-state index is 13.1. The van der Waals surface area contributed by atoms with Gasteiger partial charge in [-0.15, -0.1) is 0 Å². The molecular weight excluding hydrogens is 633 g/mol. The van der Waals surface area contributed by atoms with Crippen molar-refractivity contribution in [2.75, 3.05) is 0 Å². The van der Waals surface area contributed by atoms with Crippen molar-refractivity contribution in [1.29, 1.82) is 0 Å². The second-order valence-electron chi connectivity index (χ2n) is 15.8. The Hall–Kier alpha value is -2.17. The Balaban J connectivity index is 0.000000307. The summed E-state index contributed by atoms with van der Waals surface area (Å²) in [6.07, 6.45) is 0. The molecule has 2 nitrogen and oxygen atoms in total. The third-order valence-electron chi connectivity index (χ3n) is 7.81. The number of rotatable bonds is 4. The van der Waals surface area contributed by atoms with Crippen LogP contribution in [-0.2, 0) is 27.3 Å². The van der Waals surface area contributed by atoms with Crippen LogP contribution in [0.25, 0.3) is 0 Å². The van der Waals surface area contributed by atoms with Gasteiger partial charge in [-0.05, 0) is 99.9 Å². The second-order valence-corrected chi connectivity index (χ2v) is 22.6. The molecule has 2 atom stereocenters. The van der Waals surface area contributed by atoms with Crippen molar-refractivity contribution in [3.05, 3.63) is 108 Å². The number of hydrogen-bond donors (Lipinski definition) is 0. The zero-order valence-electron chi connectivity index (χ0n) is 29.4. The Kier molecular flexibility index (Phi) is 13.1. The van der Waals surface area contributed by atoms with E-state index in [9.17, 15) is 10.2 Å². The molecule has 0 amide bonds. The van der Waals surface area contributed by atoms with Gasteiger partial charge in [0.25, 0.3) is 0 Å². The van der Waals surface area contributed by atoms with Crippen LogP contribution < -0.4 is 31.4 Å². The zero-order valence-corrected chi connectivity index (χ0v) is 32.4. The summed E-state index contributed by atoms with van der Waals surface area (Å²) in [4.78, 5) is 0. The summed E-state index contributed by atoms with van der Waals surface area (Å²) in [6, 6.07) is 33.2. The monoisotopic (exact) mass is 686 g/mol. The van der Waals surface area contributed by atoms with Gasteiger partial charge in [0.2, 0.25) is 0 Å². The van der Waals surface area contributed by atoms with Crippen molar-refractivity contribution in [2.45, 2.75) is 104 Å². The molecule has 0 aliphatic heterocycles. The van der Waals surface area contributed by atoms with E-state index in [0.29, 0.717) is 0 Å². The molecule has 244 valence electrons. The predicted octanol–water partition coefficient (Wildman–Crippen LogP) is 8.04. The number of hydrogen-bond acceptors (Lipinski definition) is 2. The van der Waals surface area contributed by atoms with Crippen molar-refractivity contribution in [1.82, 2.24) is 0 Å². The fraction of sp³-hybridized carbons (Fsp3) is 0.400. The van der Waals surface area contributed by atoms with Gasteiger partial charge in [0.1, 0.15) is 0 Å². The molecule has 45 heavy (non-hydrogen) atoms. The largest absolute Gasteiger partial charge is 2.00 e. The van der Waals surface area contributed by atoms with Crippen molar-refractivity contribution in [3.8, 4) is 11.5 Å². The molecule has 0 spiro atoms. The Labute approximate surface area is 286 Å². The van der Waals surface area contributed by atoms with Gasteiger partial charge in [0, 0.05) is 0 Å². The Morgan fingerprint density at radius 3 is 0.933 bits per heavy atom. The van der Waals surface area contributed by atoms with Crippen molar-refractivity contribution in [2.24, 2.45) is 0 Å². The van der Waals surface area contributed by atoms with Crippen LogP contribution in [0.3, 0.4) is 0 Å². The molecule has 4 aromatic carbocycles. The van der Waals surface area contributed by atoms with Gasteiger partial charge in [-0.2, -0.15) is 0 Å². The van der Waals surface area contributed by atoms with E-state index in [1.807, 2.05) is 36.4 Å². The molecule has 0 aliphatic carbocycles. The molecule has 2 unspecified atom stereocenters. The molecule has 0 radical (unpaired) electrons. The number of para-hydroxylation sites is 2. The van der Waals surface area contributed by atoms with Crippen LogP contribution in [0.1, 0.15) is 94.2 Å². The van der Waals surface area contributed by atoms with E-state index in [4.69, 9.17) is 0 Å². The first-order valence-electron chi connectivity index (χ1n) is 15.7. The van der Waals surface area contributed by atoms with Gasteiger partial charge >= 0.3 is 16.5 Å². The Morgan fingerprint density at radius 1 is 0.400 bits per heavy atom. The molecule has 0 fully saturated rings. The maximum absolute atomic E-state index is 13.1. The summed E-state index contributed by atoms with van der Waals surface area (Å²) >= 11 is 0. The molecule has 4 aromatic rings. The summed E-state index contributed by atoms with van der Waals surface area (Å²) in [7, 11) is -2.28. The normalized spacial score (nSPS) is 13.6. The van der Waals surface area contributed by atoms with Gasteiger partial charge in [0.05, 0.1) is 47.4 Å². The summed E-state index contributed by atoms with van der Waals surface area (Å²) in [6.45, 7) is 26.1. The smallest absolute Gasteiger partial charge is 0.870 e. The standard InChI is InChI=1S/2C20H27OP.Ni/c2*1-19(2,3)16-13-10-14-17(18(16)21)22(20(4,5)6)15-11-8-7-9-12-15;/h2*7-14,21H,1-6H3;/q;;+2. The Bertz CT molecular complexity index is 1390. The van der Waals surface area contributed by atoms with Gasteiger partial charge < -0.3 is 10.2 Å². The third-order valence-corrected chi connectivity index (χ3v) is 14.5. The van der Waals surface area contributed by atoms with Gasteiger partial charge in [-0.25, -0.2) is 0 Å². The van der Waals surface area contributed by atoms with Crippen LogP contribution in [0.15, 0.2) is 97.1 Å². The van der Waals surface area contributed by atoms with Crippen LogP contribution in [0.2, 0.25) is 0 Å². The maximum Gasteiger partial charge on any atom is 2.00 e. The second kappa shape index (κ2) is 15.2. The molecular formula is C40H54NiO2P2+2. The molecule has 0 aromatic heterocycles. The number of benzene rings is 4. The van der Waals surface area contributed by atoms with Crippen LogP contribution in [0.5, 0.6) is 11.5 Å². The molecule has 0 bridgehead atoms. The molecule has 0 saturated carbocycles. The van der Waals surface area contributed by atoms with Gasteiger partial charge in [-0.3, -0.25) is 0 Å². The topological polar surface area (TPSA) is 46.1 Å². The van der Waals surface area contributed by atoms with Crippen molar-refractivity contribution >= 4 is 37.1 Å². The minimum absolute atomic E-state index is 0. The molecule has 0 N–H and O–H groups in total. The Morgan fingerprint density at radius 2 is 0.689 bits per heavy atom. The first-order chi connectivity index (χ1) is 20.2. The summed E-state index contributed by atoms with van der Waals surface area (Å²) in [5.74, 6) is 0.477. The fourth-order valence-corrected chi connectivity index (χ4v) is 12.1. The molecule has 0 aliphatic rings. The van der Waals surface area contributed by atoms with Crippen LogP contribution in [-0.4, -0.2) is 10.3 Å². The minimum atomic E-state index is -1.14. The fourth-order valence-electron chi connectivity index (χ4n) is 5.84. The molecule has 4 rings (SSSR count). The SMILES string of the molecule is CC(C)(C)c1cccc([PH+](c2ccccc2)C(C)(C)C)c1[O-].CC(C)(C)c1cccc([PH+](c2ccccc2)C(C)(C)C)c1[O-].[Ni+2]. The quantitative estimate of drug-likeness (QED) is 0.161. The van der Waals surface area contributed by atoms with E-state index in [1.54, 1.807) is 0 Å². The summed E-state index contributed by atoms with van der Waals surface area (Å²) in [5, 5.41) is 31.0. The molecule has 5 heteroatoms. The van der Waals surface area contributed by atoms with E-state index in [0.717, 1.165) is 21.7 Å². The first-order valence-corrected chi connectivity index (χ1v) is 18.7. The van der Waals surface area contributed by atoms with Crippen LogP contribution in [0.4, 0.5) is 0 Å². The van der Waals surface area contributed by atoms with Crippen molar-refractivity contribution < 1.29 is 26.7 Å². The minimum Gasteiger partial charge on any atom is -0.870 e. The average Bonchev–Trinajstić information content (AvgIpc) is 2.90. The summed E-state index contributed by atoms with van der Waals surface area (Å²) in [5.41, 5.74) is 1.61. The van der Waals surface area contributed by atoms with E-state index in [-0.39, 0.29) is 49.1 Å². The summed E-state index contributed by atoms with van der Waals surface area (Å²) < 4.78 is 0. The van der Waals surface area contributed by atoms with Crippen LogP contribution in [0, 0.1) is 0 Å². The van der Waals surface area contributed by atoms with E-state index in [2.05, 4.69) is 144 Å². The van der Waals surface area contributed by atoms with E-state index in [1.165, 1.54) is 10.6 Å². The van der Waals surface area contributed by atoms with Crippen LogP contribution >= 0.6 is 15.8 Å². The van der Waals surface area contributed by atoms with E-state index >= 15 is 0 Å². The van der Waals surface area contributed by atoms with Gasteiger partial charge in [-0.1, -0.05) is 114 Å². The van der Waals surface area contributed by atoms with Crippen molar-refractivity contribution in [3.63, 3.8) is 0 Å². The molecule has 0 heterocycles. The third kappa shape index (κ3) is 9.91.